The van der Waals surface area contributed by atoms with Crippen LogP contribution in [0.5, 0.6) is 5.75 Å². The molecule has 0 radical (unpaired) electrons. The first kappa shape index (κ1) is 23.4. The summed E-state index contributed by atoms with van der Waals surface area (Å²) in [5, 5.41) is 23.5. The normalized spacial score (nSPS) is 10.6. The Bertz CT molecular complexity index is 1170. The van der Waals surface area contributed by atoms with Crippen LogP contribution in [0.15, 0.2) is 28.8 Å². The van der Waals surface area contributed by atoms with Crippen LogP contribution in [-0.4, -0.2) is 56.4 Å². The molecule has 2 amide bonds. The molecule has 0 atom stereocenters. The van der Waals surface area contributed by atoms with Crippen molar-refractivity contribution in [1.29, 1.82) is 0 Å². The number of amides is 2. The summed E-state index contributed by atoms with van der Waals surface area (Å²) in [5.41, 5.74) is 2.58. The molecule has 2 aromatic heterocycles. The molecule has 1 aromatic carbocycles. The van der Waals surface area contributed by atoms with Crippen LogP contribution in [0.1, 0.15) is 33.3 Å². The smallest absolute Gasteiger partial charge is 0.390 e. The number of aromatic nitrogens is 4. The molecule has 0 aliphatic heterocycles. The number of carbonyl (C=O) groups excluding carboxylic acids is 2. The van der Waals surface area contributed by atoms with Crippen LogP contribution >= 0.6 is 0 Å². The molecule has 174 valence electrons. The highest BCUT2D eigenvalue weighted by molar-refractivity contribution is 5.89. The van der Waals surface area contributed by atoms with E-state index in [4.69, 9.17) is 9.26 Å². The Morgan fingerprint density at radius 3 is 2.70 bits per heavy atom. The van der Waals surface area contributed by atoms with Gasteiger partial charge in [0.05, 0.1) is 16.9 Å². The van der Waals surface area contributed by atoms with Crippen LogP contribution in [0.4, 0.5) is 5.82 Å². The molecule has 2 N–H and O–H groups in total. The number of rotatable bonds is 10. The molecule has 0 aliphatic rings. The molecule has 0 spiro atoms. The van der Waals surface area contributed by atoms with Gasteiger partial charge in [-0.25, -0.2) is 0 Å². The first-order valence-electron chi connectivity index (χ1n) is 10.00. The lowest BCUT2D eigenvalue weighted by Crippen LogP contribution is -2.36. The largest absolute Gasteiger partial charge is 0.483 e. The van der Waals surface area contributed by atoms with Gasteiger partial charge in [0.15, 0.2) is 12.4 Å². The highest BCUT2D eigenvalue weighted by Crippen LogP contribution is 2.20. The third-order valence-electron chi connectivity index (χ3n) is 4.76. The summed E-state index contributed by atoms with van der Waals surface area (Å²) in [4.78, 5) is 38.2. The van der Waals surface area contributed by atoms with Crippen LogP contribution in [0.2, 0.25) is 0 Å². The van der Waals surface area contributed by atoms with E-state index in [0.29, 0.717) is 11.4 Å². The van der Waals surface area contributed by atoms with Gasteiger partial charge >= 0.3 is 17.6 Å². The first-order chi connectivity index (χ1) is 15.7. The molecular formula is C20H23N7O6. The lowest BCUT2D eigenvalue weighted by atomic mass is 10.1. The second kappa shape index (κ2) is 10.3. The second-order valence-electron chi connectivity index (χ2n) is 7.17. The zero-order valence-electron chi connectivity index (χ0n) is 18.3. The first-order valence-corrected chi connectivity index (χ1v) is 10.00. The predicted molar refractivity (Wildman–Crippen MR) is 114 cm³/mol. The number of nitrogens with zero attached hydrogens (tertiary/aromatic N) is 5. The van der Waals surface area contributed by atoms with Gasteiger partial charge in [-0.2, -0.15) is 9.67 Å². The Morgan fingerprint density at radius 2 is 1.97 bits per heavy atom. The lowest BCUT2D eigenvalue weighted by Gasteiger charge is -2.11. The number of benzene rings is 1. The summed E-state index contributed by atoms with van der Waals surface area (Å²) < 4.78 is 11.8. The SMILES string of the molecule is Cc1cccc(OCC(=O)NCCNC(=O)c2nc(Cn3nc([N+](=O)[O-])cc3C)no2)c1C. The van der Waals surface area contributed by atoms with Gasteiger partial charge in [-0.05, 0) is 42.9 Å². The van der Waals surface area contributed by atoms with Crippen molar-refractivity contribution in [2.24, 2.45) is 0 Å². The number of hydrogen-bond acceptors (Lipinski definition) is 9. The molecule has 0 bridgehead atoms. The van der Waals surface area contributed by atoms with Crippen molar-refractivity contribution >= 4 is 17.6 Å². The highest BCUT2D eigenvalue weighted by Gasteiger charge is 2.19. The van der Waals surface area contributed by atoms with E-state index in [1.165, 1.54) is 10.7 Å². The summed E-state index contributed by atoms with van der Waals surface area (Å²) >= 11 is 0. The number of carbonyl (C=O) groups is 2. The van der Waals surface area contributed by atoms with Crippen molar-refractivity contribution in [1.82, 2.24) is 30.6 Å². The Hall–Kier alpha value is -4.29. The Balaban J connectivity index is 1.40. The number of nitrogens with one attached hydrogen (secondary N) is 2. The maximum Gasteiger partial charge on any atom is 0.390 e. The number of hydrogen-bond donors (Lipinski definition) is 2. The second-order valence-corrected chi connectivity index (χ2v) is 7.17. The topological polar surface area (TPSA) is 167 Å². The van der Waals surface area contributed by atoms with Gasteiger partial charge in [0, 0.05) is 13.1 Å². The van der Waals surface area contributed by atoms with Gasteiger partial charge in [0.2, 0.25) is 0 Å². The van der Waals surface area contributed by atoms with E-state index in [2.05, 4.69) is 25.9 Å². The fourth-order valence-electron chi connectivity index (χ4n) is 2.81. The molecule has 0 unspecified atom stereocenters. The van der Waals surface area contributed by atoms with E-state index < -0.39 is 10.8 Å². The van der Waals surface area contributed by atoms with Crippen LogP contribution in [0.25, 0.3) is 0 Å². The molecular weight excluding hydrogens is 434 g/mol. The Kier molecular flexibility index (Phi) is 7.33. The monoisotopic (exact) mass is 457 g/mol. The van der Waals surface area contributed by atoms with Crippen LogP contribution in [0, 0.1) is 30.9 Å². The molecule has 0 aliphatic carbocycles. The molecule has 0 saturated heterocycles. The van der Waals surface area contributed by atoms with Crippen molar-refractivity contribution in [3.05, 3.63) is 62.9 Å². The van der Waals surface area contributed by atoms with Crippen molar-refractivity contribution in [3.8, 4) is 5.75 Å². The third-order valence-corrected chi connectivity index (χ3v) is 4.76. The Morgan fingerprint density at radius 1 is 1.21 bits per heavy atom. The van der Waals surface area contributed by atoms with Gasteiger partial charge < -0.3 is 30.0 Å². The molecule has 13 heteroatoms. The van der Waals surface area contributed by atoms with Crippen LogP contribution in [0.3, 0.4) is 0 Å². The van der Waals surface area contributed by atoms with E-state index >= 15 is 0 Å². The van der Waals surface area contributed by atoms with Crippen molar-refractivity contribution in [3.63, 3.8) is 0 Å². The number of ether oxygens (including phenoxy) is 1. The standard InChI is InChI=1S/C20H23N7O6/c1-12-5-4-6-15(14(12)3)32-11-18(28)21-7-8-22-19(29)20-23-16(25-33-20)10-26-13(2)9-17(24-26)27(30)31/h4-6,9H,7-8,10-11H2,1-3H3,(H,21,28)(H,22,29). The summed E-state index contributed by atoms with van der Waals surface area (Å²) in [5.74, 6) is -0.722. The zero-order valence-corrected chi connectivity index (χ0v) is 18.3. The lowest BCUT2D eigenvalue weighted by molar-refractivity contribution is -0.389. The fourth-order valence-corrected chi connectivity index (χ4v) is 2.81. The van der Waals surface area contributed by atoms with E-state index in [1.807, 2.05) is 26.0 Å². The zero-order chi connectivity index (χ0) is 24.0. The van der Waals surface area contributed by atoms with Crippen molar-refractivity contribution in [2.45, 2.75) is 27.3 Å². The molecule has 0 fully saturated rings. The van der Waals surface area contributed by atoms with Crippen molar-refractivity contribution in [2.75, 3.05) is 19.7 Å². The molecule has 33 heavy (non-hydrogen) atoms. The summed E-state index contributed by atoms with van der Waals surface area (Å²) in [6.45, 7) is 5.70. The van der Waals surface area contributed by atoms with E-state index in [-0.39, 0.29) is 49.7 Å². The van der Waals surface area contributed by atoms with E-state index in [1.54, 1.807) is 13.0 Å². The van der Waals surface area contributed by atoms with E-state index in [9.17, 15) is 19.7 Å². The highest BCUT2D eigenvalue weighted by atomic mass is 16.6. The summed E-state index contributed by atoms with van der Waals surface area (Å²) in [7, 11) is 0. The Labute approximate surface area is 188 Å². The fraction of sp³-hybridized carbons (Fsp3) is 0.350. The minimum Gasteiger partial charge on any atom is -0.483 e. The predicted octanol–water partition coefficient (Wildman–Crippen LogP) is 1.07. The molecule has 2 heterocycles. The van der Waals surface area contributed by atoms with E-state index in [0.717, 1.165) is 11.1 Å². The average Bonchev–Trinajstić information content (AvgIpc) is 3.39. The molecule has 0 saturated carbocycles. The maximum absolute atomic E-state index is 12.1. The number of aryl methyl sites for hydroxylation is 2. The van der Waals surface area contributed by atoms with Crippen LogP contribution in [-0.2, 0) is 11.3 Å². The van der Waals surface area contributed by atoms with Gasteiger partial charge in [0.1, 0.15) is 12.3 Å². The molecule has 3 aromatic rings. The summed E-state index contributed by atoms with van der Waals surface area (Å²) in [6.07, 6.45) is 0. The van der Waals surface area contributed by atoms with Gasteiger partial charge in [-0.15, -0.1) is 0 Å². The van der Waals surface area contributed by atoms with Crippen molar-refractivity contribution < 1.29 is 23.8 Å². The average molecular weight is 457 g/mol. The minimum absolute atomic E-state index is 0.00687. The van der Waals surface area contributed by atoms with Gasteiger partial charge in [-0.3, -0.25) is 9.59 Å². The maximum atomic E-state index is 12.1. The third kappa shape index (κ3) is 6.12. The molecule has 13 nitrogen and oxygen atoms in total. The van der Waals surface area contributed by atoms with Gasteiger partial charge in [-0.1, -0.05) is 17.3 Å². The quantitative estimate of drug-likeness (QED) is 0.257. The minimum atomic E-state index is -0.613. The summed E-state index contributed by atoms with van der Waals surface area (Å²) in [6, 6.07) is 6.92. The molecule has 3 rings (SSSR count). The number of nitro groups is 1. The van der Waals surface area contributed by atoms with Gasteiger partial charge in [0.25, 0.3) is 5.91 Å². The van der Waals surface area contributed by atoms with Crippen LogP contribution < -0.4 is 15.4 Å².